The maximum Gasteiger partial charge on any atom is 0.133 e. The van der Waals surface area contributed by atoms with Crippen LogP contribution in [0.1, 0.15) is 24.9 Å². The Balaban J connectivity index is 0.00000289. The Hall–Kier alpha value is -0.490. The minimum atomic E-state index is -0.602. The van der Waals surface area contributed by atoms with Crippen LogP contribution in [-0.4, -0.2) is 25.4 Å². The first-order chi connectivity index (χ1) is 8.04. The average Bonchev–Trinajstić information content (AvgIpc) is 2.36. The third-order valence-corrected chi connectivity index (χ3v) is 3.32. The molecule has 0 aromatic heterocycles. The SMILES string of the molecule is CC[C@H](O)[C@H](N)c1cc(OC)c(Br)cc1OC.Cl. The van der Waals surface area contributed by atoms with Crippen LogP contribution in [0.2, 0.25) is 0 Å². The van der Waals surface area contributed by atoms with Crippen molar-refractivity contribution in [2.75, 3.05) is 14.2 Å². The van der Waals surface area contributed by atoms with Gasteiger partial charge in [0.15, 0.2) is 0 Å². The lowest BCUT2D eigenvalue weighted by atomic mass is 9.99. The van der Waals surface area contributed by atoms with Crippen LogP contribution in [0, 0.1) is 0 Å². The molecular weight excluding hydrogens is 321 g/mol. The highest BCUT2D eigenvalue weighted by Gasteiger charge is 2.21. The monoisotopic (exact) mass is 339 g/mol. The molecule has 0 radical (unpaired) electrons. The van der Waals surface area contributed by atoms with Gasteiger partial charge in [0, 0.05) is 5.56 Å². The lowest BCUT2D eigenvalue weighted by Gasteiger charge is -2.21. The Morgan fingerprint density at radius 1 is 1.28 bits per heavy atom. The molecule has 0 aliphatic rings. The van der Waals surface area contributed by atoms with E-state index in [0.717, 1.165) is 10.0 Å². The van der Waals surface area contributed by atoms with Crippen molar-refractivity contribution in [3.05, 3.63) is 22.2 Å². The quantitative estimate of drug-likeness (QED) is 0.865. The van der Waals surface area contributed by atoms with Crippen LogP contribution in [-0.2, 0) is 0 Å². The molecule has 0 bridgehead atoms. The summed E-state index contributed by atoms with van der Waals surface area (Å²) in [6.45, 7) is 1.88. The van der Waals surface area contributed by atoms with Crippen molar-refractivity contribution in [1.82, 2.24) is 0 Å². The van der Waals surface area contributed by atoms with Crippen molar-refractivity contribution in [1.29, 1.82) is 0 Å². The molecule has 0 unspecified atom stereocenters. The van der Waals surface area contributed by atoms with Crippen molar-refractivity contribution >= 4 is 28.3 Å². The molecule has 0 spiro atoms. The molecule has 3 N–H and O–H groups in total. The van der Waals surface area contributed by atoms with Crippen LogP contribution in [0.25, 0.3) is 0 Å². The number of benzene rings is 1. The van der Waals surface area contributed by atoms with Gasteiger partial charge in [-0.1, -0.05) is 6.92 Å². The summed E-state index contributed by atoms with van der Waals surface area (Å²) < 4.78 is 11.3. The first kappa shape index (κ1) is 17.5. The highest BCUT2D eigenvalue weighted by atomic mass is 79.9. The molecule has 0 aliphatic heterocycles. The van der Waals surface area contributed by atoms with Gasteiger partial charge in [-0.3, -0.25) is 0 Å². The zero-order valence-electron chi connectivity index (χ0n) is 10.6. The van der Waals surface area contributed by atoms with Gasteiger partial charge in [0.2, 0.25) is 0 Å². The van der Waals surface area contributed by atoms with Gasteiger partial charge < -0.3 is 20.3 Å². The Labute approximate surface area is 122 Å². The summed E-state index contributed by atoms with van der Waals surface area (Å²) >= 11 is 3.38. The summed E-state index contributed by atoms with van der Waals surface area (Å²) in [6.07, 6.45) is -0.0160. The van der Waals surface area contributed by atoms with Gasteiger partial charge in [-0.05, 0) is 34.5 Å². The van der Waals surface area contributed by atoms with Crippen LogP contribution in [0.4, 0.5) is 0 Å². The third kappa shape index (κ3) is 3.75. The van der Waals surface area contributed by atoms with Gasteiger partial charge in [0.1, 0.15) is 11.5 Å². The van der Waals surface area contributed by atoms with Gasteiger partial charge >= 0.3 is 0 Å². The number of nitrogens with two attached hydrogens (primary N) is 1. The predicted octanol–water partition coefficient (Wildman–Crippen LogP) is 2.66. The van der Waals surface area contributed by atoms with Gasteiger partial charge in [0.05, 0.1) is 30.8 Å². The number of hydrogen-bond donors (Lipinski definition) is 2. The second-order valence-corrected chi connectivity index (χ2v) is 4.58. The van der Waals surface area contributed by atoms with Gasteiger partial charge in [-0.25, -0.2) is 0 Å². The van der Waals surface area contributed by atoms with Crippen molar-refractivity contribution in [2.24, 2.45) is 5.73 Å². The van der Waals surface area contributed by atoms with E-state index in [2.05, 4.69) is 15.9 Å². The molecule has 4 nitrogen and oxygen atoms in total. The van der Waals surface area contributed by atoms with Crippen LogP contribution in [0.3, 0.4) is 0 Å². The van der Waals surface area contributed by atoms with Gasteiger partial charge in [-0.2, -0.15) is 0 Å². The molecule has 0 aliphatic carbocycles. The molecule has 0 saturated heterocycles. The first-order valence-electron chi connectivity index (χ1n) is 5.40. The molecule has 104 valence electrons. The number of aliphatic hydroxyl groups is 1. The number of rotatable bonds is 5. The van der Waals surface area contributed by atoms with E-state index >= 15 is 0 Å². The summed E-state index contributed by atoms with van der Waals surface area (Å²) in [5.41, 5.74) is 6.74. The molecule has 0 fully saturated rings. The zero-order chi connectivity index (χ0) is 13.0. The normalized spacial score (nSPS) is 13.4. The number of aliphatic hydroxyl groups excluding tert-OH is 1. The van der Waals surface area contributed by atoms with E-state index in [1.165, 1.54) is 0 Å². The molecule has 1 rings (SSSR count). The number of halogens is 2. The molecule has 2 atom stereocenters. The minimum absolute atomic E-state index is 0. The Kier molecular flexibility index (Phi) is 7.62. The summed E-state index contributed by atoms with van der Waals surface area (Å²) in [5, 5.41) is 9.80. The van der Waals surface area contributed by atoms with E-state index < -0.39 is 12.1 Å². The second kappa shape index (κ2) is 7.84. The van der Waals surface area contributed by atoms with Gasteiger partial charge in [-0.15, -0.1) is 12.4 Å². The van der Waals surface area contributed by atoms with E-state index in [0.29, 0.717) is 17.9 Å². The number of hydrogen-bond acceptors (Lipinski definition) is 4. The number of ether oxygens (including phenoxy) is 2. The molecule has 1 aromatic carbocycles. The van der Waals surface area contributed by atoms with Crippen LogP contribution < -0.4 is 15.2 Å². The lowest BCUT2D eigenvalue weighted by Crippen LogP contribution is -2.26. The predicted molar refractivity (Wildman–Crippen MR) is 77.7 cm³/mol. The highest BCUT2D eigenvalue weighted by Crippen LogP contribution is 2.36. The van der Waals surface area contributed by atoms with Gasteiger partial charge in [0.25, 0.3) is 0 Å². The maximum atomic E-state index is 9.80. The largest absolute Gasteiger partial charge is 0.496 e. The molecule has 6 heteroatoms. The maximum absolute atomic E-state index is 9.80. The summed E-state index contributed by atoms with van der Waals surface area (Å²) in [6, 6.07) is 3.08. The van der Waals surface area contributed by atoms with Crippen LogP contribution in [0.15, 0.2) is 16.6 Å². The Bertz CT molecular complexity index is 390. The number of methoxy groups -OCH3 is 2. The van der Waals surface area contributed by atoms with E-state index in [4.69, 9.17) is 15.2 Å². The van der Waals surface area contributed by atoms with Crippen molar-refractivity contribution in [2.45, 2.75) is 25.5 Å². The fourth-order valence-corrected chi connectivity index (χ4v) is 2.09. The smallest absolute Gasteiger partial charge is 0.133 e. The minimum Gasteiger partial charge on any atom is -0.496 e. The van der Waals surface area contributed by atoms with E-state index in [1.54, 1.807) is 26.4 Å². The standard InChI is InChI=1S/C12H18BrNO3.ClH/c1-4-9(15)12(14)7-5-11(17-3)8(13)6-10(7)16-2;/h5-6,9,12,15H,4,14H2,1-3H3;1H/t9-,12+;/m0./s1. The zero-order valence-corrected chi connectivity index (χ0v) is 13.0. The fourth-order valence-electron chi connectivity index (χ4n) is 1.61. The molecule has 1 aromatic rings. The summed E-state index contributed by atoms with van der Waals surface area (Å²) in [4.78, 5) is 0. The Morgan fingerprint density at radius 3 is 2.28 bits per heavy atom. The van der Waals surface area contributed by atoms with Crippen molar-refractivity contribution in [3.63, 3.8) is 0 Å². The average molecular weight is 341 g/mol. The fraction of sp³-hybridized carbons (Fsp3) is 0.500. The van der Waals surface area contributed by atoms with Crippen molar-refractivity contribution in [3.8, 4) is 11.5 Å². The van der Waals surface area contributed by atoms with E-state index in [1.807, 2.05) is 6.92 Å². The molecule has 0 amide bonds. The molecule has 0 saturated carbocycles. The Morgan fingerprint density at radius 2 is 1.83 bits per heavy atom. The third-order valence-electron chi connectivity index (χ3n) is 2.70. The second-order valence-electron chi connectivity index (χ2n) is 3.73. The molecular formula is C12H19BrClNO3. The van der Waals surface area contributed by atoms with E-state index in [9.17, 15) is 5.11 Å². The summed E-state index contributed by atoms with van der Waals surface area (Å²) in [7, 11) is 3.15. The van der Waals surface area contributed by atoms with E-state index in [-0.39, 0.29) is 12.4 Å². The topological polar surface area (TPSA) is 64.7 Å². The van der Waals surface area contributed by atoms with Crippen LogP contribution >= 0.6 is 28.3 Å². The molecule has 18 heavy (non-hydrogen) atoms. The first-order valence-corrected chi connectivity index (χ1v) is 6.19. The van der Waals surface area contributed by atoms with Crippen LogP contribution in [0.5, 0.6) is 11.5 Å². The highest BCUT2D eigenvalue weighted by molar-refractivity contribution is 9.10. The summed E-state index contributed by atoms with van der Waals surface area (Å²) in [5.74, 6) is 1.30. The lowest BCUT2D eigenvalue weighted by molar-refractivity contribution is 0.139. The van der Waals surface area contributed by atoms with Crippen molar-refractivity contribution < 1.29 is 14.6 Å². The molecule has 0 heterocycles.